The standard InChI is InChI=1S/C9H16N4O3/c10-5-7-6-13(12-11-7)8(9(15)16)3-1-2-4-14/h6,8,14H,1-5,10H2,(H,15,16). The molecule has 0 fully saturated rings. The molecule has 0 aliphatic heterocycles. The Labute approximate surface area is 92.9 Å². The summed E-state index contributed by atoms with van der Waals surface area (Å²) in [7, 11) is 0. The molecule has 7 heteroatoms. The fourth-order valence-electron chi connectivity index (χ4n) is 1.38. The number of hydrogen-bond acceptors (Lipinski definition) is 5. The zero-order valence-corrected chi connectivity index (χ0v) is 8.91. The van der Waals surface area contributed by atoms with E-state index in [1.807, 2.05) is 0 Å². The first-order chi connectivity index (χ1) is 7.69. The van der Waals surface area contributed by atoms with Crippen molar-refractivity contribution in [2.24, 2.45) is 5.73 Å². The second kappa shape index (κ2) is 6.19. The number of nitrogens with two attached hydrogens (primary N) is 1. The summed E-state index contributed by atoms with van der Waals surface area (Å²) in [6, 6.07) is -0.737. The van der Waals surface area contributed by atoms with Crippen LogP contribution in [0.4, 0.5) is 0 Å². The Morgan fingerprint density at radius 1 is 1.56 bits per heavy atom. The smallest absolute Gasteiger partial charge is 0.328 e. The highest BCUT2D eigenvalue weighted by molar-refractivity contribution is 5.71. The molecular weight excluding hydrogens is 212 g/mol. The van der Waals surface area contributed by atoms with Gasteiger partial charge in [0.15, 0.2) is 6.04 Å². The molecule has 1 aromatic heterocycles. The van der Waals surface area contributed by atoms with Crippen molar-refractivity contribution in [3.05, 3.63) is 11.9 Å². The third-order valence-electron chi connectivity index (χ3n) is 2.26. The lowest BCUT2D eigenvalue weighted by atomic mass is 10.1. The molecule has 1 heterocycles. The molecule has 90 valence electrons. The van der Waals surface area contributed by atoms with Gasteiger partial charge in [-0.15, -0.1) is 5.10 Å². The summed E-state index contributed by atoms with van der Waals surface area (Å²) in [5.74, 6) is -0.952. The molecule has 4 N–H and O–H groups in total. The quantitative estimate of drug-likeness (QED) is 0.543. The van der Waals surface area contributed by atoms with Gasteiger partial charge in [0, 0.05) is 13.2 Å². The molecule has 7 nitrogen and oxygen atoms in total. The first kappa shape index (κ1) is 12.6. The monoisotopic (exact) mass is 228 g/mol. The second-order valence-electron chi connectivity index (χ2n) is 3.47. The zero-order chi connectivity index (χ0) is 12.0. The van der Waals surface area contributed by atoms with Crippen LogP contribution in [0.15, 0.2) is 6.20 Å². The first-order valence-corrected chi connectivity index (χ1v) is 5.13. The molecule has 0 saturated carbocycles. The van der Waals surface area contributed by atoms with Crippen molar-refractivity contribution >= 4 is 5.97 Å². The highest BCUT2D eigenvalue weighted by Crippen LogP contribution is 2.14. The largest absolute Gasteiger partial charge is 0.480 e. The number of carboxylic acids is 1. The number of carboxylic acid groups (broad SMARTS) is 1. The number of hydrogen-bond donors (Lipinski definition) is 3. The van der Waals surface area contributed by atoms with E-state index in [-0.39, 0.29) is 13.2 Å². The maximum atomic E-state index is 11.0. The Kier molecular flexibility index (Phi) is 4.87. The Morgan fingerprint density at radius 2 is 2.31 bits per heavy atom. The molecule has 0 saturated heterocycles. The van der Waals surface area contributed by atoms with E-state index in [1.54, 1.807) is 0 Å². The number of nitrogens with zero attached hydrogens (tertiary/aromatic N) is 3. The Hall–Kier alpha value is -1.47. The summed E-state index contributed by atoms with van der Waals surface area (Å²) in [6.45, 7) is 0.306. The van der Waals surface area contributed by atoms with E-state index >= 15 is 0 Å². The maximum Gasteiger partial charge on any atom is 0.328 e. The van der Waals surface area contributed by atoms with E-state index in [2.05, 4.69) is 10.3 Å². The van der Waals surface area contributed by atoms with Crippen LogP contribution in [0.25, 0.3) is 0 Å². The molecule has 0 radical (unpaired) electrons. The average molecular weight is 228 g/mol. The molecule has 0 aromatic carbocycles. The predicted octanol–water partition coefficient (Wildman–Crippen LogP) is -0.475. The van der Waals surface area contributed by atoms with E-state index in [9.17, 15) is 4.79 Å². The maximum absolute atomic E-state index is 11.0. The third kappa shape index (κ3) is 3.28. The molecule has 1 aromatic rings. The predicted molar refractivity (Wildman–Crippen MR) is 55.5 cm³/mol. The van der Waals surface area contributed by atoms with Crippen LogP contribution in [0.5, 0.6) is 0 Å². The van der Waals surface area contributed by atoms with Crippen LogP contribution in [0, 0.1) is 0 Å². The highest BCUT2D eigenvalue weighted by Gasteiger charge is 2.20. The Balaban J connectivity index is 2.65. The minimum atomic E-state index is -0.952. The molecule has 1 unspecified atom stereocenters. The van der Waals surface area contributed by atoms with Crippen molar-refractivity contribution in [3.63, 3.8) is 0 Å². The van der Waals surface area contributed by atoms with Crippen LogP contribution in [-0.2, 0) is 11.3 Å². The van der Waals surface area contributed by atoms with Gasteiger partial charge in [0.1, 0.15) is 0 Å². The van der Waals surface area contributed by atoms with Crippen LogP contribution in [0.3, 0.4) is 0 Å². The number of aliphatic carboxylic acids is 1. The molecule has 0 spiro atoms. The van der Waals surface area contributed by atoms with Crippen LogP contribution < -0.4 is 5.73 Å². The van der Waals surface area contributed by atoms with Gasteiger partial charge in [0.05, 0.1) is 11.9 Å². The number of unbranched alkanes of at least 4 members (excludes halogenated alkanes) is 1. The van der Waals surface area contributed by atoms with Gasteiger partial charge in [-0.25, -0.2) is 9.48 Å². The molecule has 1 atom stereocenters. The molecule has 1 rings (SSSR count). The second-order valence-corrected chi connectivity index (χ2v) is 3.47. The van der Waals surface area contributed by atoms with Gasteiger partial charge in [-0.1, -0.05) is 5.21 Å². The summed E-state index contributed by atoms with van der Waals surface area (Å²) >= 11 is 0. The van der Waals surface area contributed by atoms with Gasteiger partial charge in [-0.05, 0) is 19.3 Å². The lowest BCUT2D eigenvalue weighted by Gasteiger charge is -2.11. The average Bonchev–Trinajstić information content (AvgIpc) is 2.72. The van der Waals surface area contributed by atoms with Crippen LogP contribution >= 0.6 is 0 Å². The SMILES string of the molecule is NCc1cn(C(CCCCO)C(=O)O)nn1. The van der Waals surface area contributed by atoms with E-state index in [1.165, 1.54) is 10.9 Å². The van der Waals surface area contributed by atoms with Gasteiger partial charge in [0.25, 0.3) is 0 Å². The molecule has 16 heavy (non-hydrogen) atoms. The Bertz CT molecular complexity index is 339. The molecule has 0 aliphatic carbocycles. The summed E-state index contributed by atoms with van der Waals surface area (Å²) in [4.78, 5) is 11.0. The van der Waals surface area contributed by atoms with E-state index in [0.29, 0.717) is 25.0 Å². The highest BCUT2D eigenvalue weighted by atomic mass is 16.4. The Morgan fingerprint density at radius 3 is 2.81 bits per heavy atom. The van der Waals surface area contributed by atoms with Crippen molar-refractivity contribution in [1.82, 2.24) is 15.0 Å². The van der Waals surface area contributed by atoms with Gasteiger partial charge in [-0.3, -0.25) is 0 Å². The topological polar surface area (TPSA) is 114 Å². The van der Waals surface area contributed by atoms with E-state index in [4.69, 9.17) is 15.9 Å². The fraction of sp³-hybridized carbons (Fsp3) is 0.667. The van der Waals surface area contributed by atoms with Crippen molar-refractivity contribution < 1.29 is 15.0 Å². The minimum Gasteiger partial charge on any atom is -0.480 e. The van der Waals surface area contributed by atoms with Crippen LogP contribution in [0.1, 0.15) is 31.0 Å². The lowest BCUT2D eigenvalue weighted by molar-refractivity contribution is -0.141. The number of aromatic nitrogens is 3. The first-order valence-electron chi connectivity index (χ1n) is 5.13. The van der Waals surface area contributed by atoms with Gasteiger partial charge in [-0.2, -0.15) is 0 Å². The van der Waals surface area contributed by atoms with Crippen LogP contribution in [0.2, 0.25) is 0 Å². The number of rotatable bonds is 7. The minimum absolute atomic E-state index is 0.0672. The third-order valence-corrected chi connectivity index (χ3v) is 2.26. The molecule has 0 amide bonds. The van der Waals surface area contributed by atoms with Crippen molar-refractivity contribution in [2.45, 2.75) is 31.8 Å². The zero-order valence-electron chi connectivity index (χ0n) is 8.91. The number of aliphatic hydroxyl groups is 1. The fourth-order valence-corrected chi connectivity index (χ4v) is 1.38. The normalized spacial score (nSPS) is 12.6. The number of aliphatic hydroxyl groups excluding tert-OH is 1. The molecule has 0 aliphatic rings. The molecule has 0 bridgehead atoms. The van der Waals surface area contributed by atoms with Crippen molar-refractivity contribution in [1.29, 1.82) is 0 Å². The molecular formula is C9H16N4O3. The summed E-state index contributed by atoms with van der Waals surface area (Å²) in [6.07, 6.45) is 3.18. The van der Waals surface area contributed by atoms with E-state index in [0.717, 1.165) is 0 Å². The van der Waals surface area contributed by atoms with Crippen molar-refractivity contribution in [3.8, 4) is 0 Å². The summed E-state index contributed by atoms with van der Waals surface area (Å²) in [5.41, 5.74) is 5.93. The summed E-state index contributed by atoms with van der Waals surface area (Å²) in [5, 5.41) is 25.1. The van der Waals surface area contributed by atoms with Gasteiger partial charge in [0.2, 0.25) is 0 Å². The van der Waals surface area contributed by atoms with Gasteiger partial charge < -0.3 is 15.9 Å². The van der Waals surface area contributed by atoms with Crippen LogP contribution in [-0.4, -0.2) is 37.8 Å². The van der Waals surface area contributed by atoms with Crippen molar-refractivity contribution in [2.75, 3.05) is 6.61 Å². The van der Waals surface area contributed by atoms with E-state index < -0.39 is 12.0 Å². The lowest BCUT2D eigenvalue weighted by Crippen LogP contribution is -2.19. The summed E-state index contributed by atoms with van der Waals surface area (Å²) < 4.78 is 1.31. The number of carbonyl (C=O) groups is 1. The van der Waals surface area contributed by atoms with Gasteiger partial charge >= 0.3 is 5.97 Å².